The number of fused-ring (bicyclic) bond motifs is 4. The number of hydrogen-bond acceptors (Lipinski definition) is 9. The van der Waals surface area contributed by atoms with Crippen LogP contribution in [-0.2, 0) is 39.6 Å². The number of aromatic nitrogens is 2. The molecule has 2 aromatic rings. The summed E-state index contributed by atoms with van der Waals surface area (Å²) in [6.45, 7) is 3.46. The highest BCUT2D eigenvalue weighted by Crippen LogP contribution is 2.49. The van der Waals surface area contributed by atoms with Gasteiger partial charge in [-0.2, -0.15) is 9.97 Å². The number of ether oxygens (including phenoxy) is 2. The number of nitrogens with zero attached hydrogens (tertiary/aromatic N) is 4. The molecule has 7 rings (SSSR count). The molecule has 4 aliphatic heterocycles. The van der Waals surface area contributed by atoms with E-state index < -0.39 is 26.7 Å². The second-order valence-corrected chi connectivity index (χ2v) is 15.8. The quantitative estimate of drug-likeness (QED) is 0.365. The minimum absolute atomic E-state index is 0.0825. The highest BCUT2D eigenvalue weighted by atomic mass is 35.5. The second kappa shape index (κ2) is 11.7. The number of benzene rings is 1. The van der Waals surface area contributed by atoms with E-state index in [0.29, 0.717) is 50.6 Å². The molecule has 10 nitrogen and oxygen atoms in total. The average Bonchev–Trinajstić information content (AvgIpc) is 3.57. The van der Waals surface area contributed by atoms with Crippen molar-refractivity contribution in [2.24, 2.45) is 0 Å². The summed E-state index contributed by atoms with van der Waals surface area (Å²) in [5, 5.41) is 10.1. The first-order valence-corrected chi connectivity index (χ1v) is 18.2. The number of alkyl halides is 1. The van der Waals surface area contributed by atoms with Gasteiger partial charge in [-0.25, -0.2) is 12.8 Å². The predicted molar refractivity (Wildman–Crippen MR) is 170 cm³/mol. The van der Waals surface area contributed by atoms with Gasteiger partial charge in [-0.1, -0.05) is 35.3 Å². The molecule has 5 aliphatic rings. The monoisotopic (exact) mass is 679 g/mol. The molecule has 1 spiro atoms. The van der Waals surface area contributed by atoms with Gasteiger partial charge in [-0.15, -0.1) is 0 Å². The summed E-state index contributed by atoms with van der Waals surface area (Å²) in [4.78, 5) is 14.2. The molecule has 14 heteroatoms. The highest BCUT2D eigenvalue weighted by Gasteiger charge is 2.50. The molecule has 5 heterocycles. The van der Waals surface area contributed by atoms with Crippen molar-refractivity contribution in [2.45, 2.75) is 68.9 Å². The van der Waals surface area contributed by atoms with Crippen LogP contribution in [0.2, 0.25) is 5.02 Å². The van der Waals surface area contributed by atoms with Crippen LogP contribution < -0.4 is 15.0 Å². The Balaban J connectivity index is 1.26. The normalized spacial score (nSPS) is 29.3. The Morgan fingerprint density at radius 2 is 2.09 bits per heavy atom. The third-order valence-electron chi connectivity index (χ3n) is 10.2. The fraction of sp³-hybridized carbons (Fsp3) is 0.581. The molecule has 1 unspecified atom stereocenters. The lowest BCUT2D eigenvalue weighted by molar-refractivity contribution is -0.605. The zero-order valence-corrected chi connectivity index (χ0v) is 27.6. The maximum Gasteiger partial charge on any atom is 0.318 e. The Hall–Kier alpha value is -2.35. The largest absolute Gasteiger partial charge is 0.461 e. The second-order valence-electron chi connectivity index (χ2n) is 13.1. The van der Waals surface area contributed by atoms with Crippen LogP contribution in [0.5, 0.6) is 6.01 Å². The predicted octanol–water partition coefficient (Wildman–Crippen LogP) is 3.25. The molecule has 0 amide bonds. The Kier molecular flexibility index (Phi) is 8.14. The van der Waals surface area contributed by atoms with E-state index in [1.54, 1.807) is 0 Å². The first-order valence-electron chi connectivity index (χ1n) is 15.6. The van der Waals surface area contributed by atoms with E-state index in [-0.39, 0.29) is 29.7 Å². The van der Waals surface area contributed by atoms with Crippen LogP contribution in [0.15, 0.2) is 28.9 Å². The van der Waals surface area contributed by atoms with Crippen molar-refractivity contribution in [1.82, 2.24) is 14.9 Å². The maximum atomic E-state index is 14.5. The SMILES string of the molecule is CS(=O)(=O)C(=N)/C(Cl)=C1/CN(c2nc(OC[C@@]34CCCN3CC(F)C4)nc3c2CO[C@@]2(CCc4c(Cl)cccc42)C3)CCC[NH2+]1. The Bertz CT molecular complexity index is 1690. The number of anilines is 1. The smallest absolute Gasteiger partial charge is 0.318 e. The number of nitrogens with two attached hydrogens (primary N) is 1. The Morgan fingerprint density at radius 3 is 2.91 bits per heavy atom. The Labute approximate surface area is 272 Å². The van der Waals surface area contributed by atoms with Crippen LogP contribution in [0.4, 0.5) is 10.2 Å². The van der Waals surface area contributed by atoms with E-state index in [1.807, 2.05) is 17.4 Å². The summed E-state index contributed by atoms with van der Waals surface area (Å²) in [5.41, 5.74) is 3.53. The molecule has 1 aromatic carbocycles. The van der Waals surface area contributed by atoms with Crippen LogP contribution in [-0.4, -0.2) is 85.6 Å². The number of quaternary nitrogens is 1. The van der Waals surface area contributed by atoms with Gasteiger partial charge in [0.2, 0.25) is 0 Å². The van der Waals surface area contributed by atoms with E-state index >= 15 is 0 Å². The van der Waals surface area contributed by atoms with E-state index in [0.717, 1.165) is 72.3 Å². The van der Waals surface area contributed by atoms with Crippen molar-refractivity contribution in [3.63, 3.8) is 0 Å². The van der Waals surface area contributed by atoms with Gasteiger partial charge in [0, 0.05) is 49.2 Å². The molecule has 242 valence electrons. The van der Waals surface area contributed by atoms with Gasteiger partial charge in [-0.05, 0) is 49.4 Å². The molecule has 3 saturated heterocycles. The number of halogens is 3. The molecule has 1 aliphatic carbocycles. The van der Waals surface area contributed by atoms with Crippen molar-refractivity contribution in [3.05, 3.63) is 56.3 Å². The van der Waals surface area contributed by atoms with Crippen molar-refractivity contribution < 1.29 is 27.6 Å². The van der Waals surface area contributed by atoms with Crippen LogP contribution in [0.25, 0.3) is 0 Å². The van der Waals surface area contributed by atoms with Crippen LogP contribution in [0.1, 0.15) is 54.5 Å². The minimum atomic E-state index is -3.78. The first kappa shape index (κ1) is 31.3. The van der Waals surface area contributed by atoms with Crippen molar-refractivity contribution in [1.29, 1.82) is 5.41 Å². The molecule has 3 atom stereocenters. The summed E-state index contributed by atoms with van der Waals surface area (Å²) in [7, 11) is -3.78. The number of rotatable bonds is 5. The van der Waals surface area contributed by atoms with Gasteiger partial charge in [0.05, 0.1) is 36.5 Å². The summed E-state index contributed by atoms with van der Waals surface area (Å²) >= 11 is 13.1. The molecule has 3 N–H and O–H groups in total. The summed E-state index contributed by atoms with van der Waals surface area (Å²) in [6, 6.07) is 6.19. The first-order chi connectivity index (χ1) is 21.5. The molecule has 0 radical (unpaired) electrons. The summed E-state index contributed by atoms with van der Waals surface area (Å²) in [5.74, 6) is 0.646. The molecular weight excluding hydrogens is 642 g/mol. The third-order valence-corrected chi connectivity index (χ3v) is 12.0. The van der Waals surface area contributed by atoms with Gasteiger partial charge in [-0.3, -0.25) is 10.3 Å². The van der Waals surface area contributed by atoms with Gasteiger partial charge >= 0.3 is 6.01 Å². The number of nitrogens with one attached hydrogen (secondary N) is 1. The molecule has 1 aromatic heterocycles. The van der Waals surface area contributed by atoms with Crippen LogP contribution in [0.3, 0.4) is 0 Å². The fourth-order valence-corrected chi connectivity index (χ4v) is 9.17. The fourth-order valence-electron chi connectivity index (χ4n) is 7.89. The number of sulfone groups is 1. The molecule has 0 bridgehead atoms. The standard InChI is InChI=1S/C31H37Cl2FN6O4S/c1-45(41,42)27(35)26(33)25-16-39(11-4-10-36-25)28-21-17-44-31(9-7-20-22(31)5-2-6-23(20)32)14-24(21)37-29(38-28)43-18-30-8-3-12-40(30)15-19(34)13-30/h2,5-6,19,35-36H,3-4,7-18H2,1H3/p+1/b26-25+,35-27?/t19?,30-,31-/m0/s1. The highest BCUT2D eigenvalue weighted by molar-refractivity contribution is 8.06. The average molecular weight is 681 g/mol. The van der Waals surface area contributed by atoms with Gasteiger partial charge in [0.1, 0.15) is 29.3 Å². The molecule has 0 saturated carbocycles. The summed E-state index contributed by atoms with van der Waals surface area (Å²) in [6.07, 6.45) is 5.35. The van der Waals surface area contributed by atoms with Crippen LogP contribution in [0, 0.1) is 5.41 Å². The molecule has 45 heavy (non-hydrogen) atoms. The lowest BCUT2D eigenvalue weighted by Gasteiger charge is -2.37. The molecular formula is C31H38Cl2FN6O4S+. The topological polar surface area (TPSA) is 125 Å². The minimum Gasteiger partial charge on any atom is -0.461 e. The van der Waals surface area contributed by atoms with E-state index in [4.69, 9.17) is 48.1 Å². The summed E-state index contributed by atoms with van der Waals surface area (Å²) < 4.78 is 51.9. The zero-order valence-electron chi connectivity index (χ0n) is 25.3. The van der Waals surface area contributed by atoms with Gasteiger partial charge < -0.3 is 19.7 Å². The van der Waals surface area contributed by atoms with Gasteiger partial charge in [0.15, 0.2) is 14.9 Å². The lowest BCUT2D eigenvalue weighted by atomic mass is 9.87. The van der Waals surface area contributed by atoms with Gasteiger partial charge in [0.25, 0.3) is 0 Å². The van der Waals surface area contributed by atoms with E-state index in [1.165, 1.54) is 0 Å². The van der Waals surface area contributed by atoms with E-state index in [9.17, 15) is 12.8 Å². The molecule has 3 fully saturated rings. The lowest BCUT2D eigenvalue weighted by Crippen LogP contribution is -2.83. The van der Waals surface area contributed by atoms with E-state index in [2.05, 4.69) is 15.9 Å². The number of hydrogen-bond donors (Lipinski definition) is 2. The van der Waals surface area contributed by atoms with Crippen LogP contribution >= 0.6 is 23.2 Å². The maximum absolute atomic E-state index is 14.5. The van der Waals surface area contributed by atoms with Crippen molar-refractivity contribution in [3.8, 4) is 6.01 Å². The van der Waals surface area contributed by atoms with Crippen molar-refractivity contribution in [2.75, 3.05) is 50.5 Å². The Morgan fingerprint density at radius 1 is 1.24 bits per heavy atom. The van der Waals surface area contributed by atoms with Crippen molar-refractivity contribution >= 4 is 43.9 Å². The third kappa shape index (κ3) is 5.65. The zero-order chi connectivity index (χ0) is 31.6.